The van der Waals surface area contributed by atoms with Crippen LogP contribution in [0.3, 0.4) is 0 Å². The Morgan fingerprint density at radius 1 is 1.67 bits per heavy atom. The summed E-state index contributed by atoms with van der Waals surface area (Å²) < 4.78 is 26.4. The maximum absolute atomic E-state index is 12.5. The molecule has 0 saturated heterocycles. The summed E-state index contributed by atoms with van der Waals surface area (Å²) in [6, 6.07) is 0. The first-order valence-corrected chi connectivity index (χ1v) is 5.03. The molecule has 7 heteroatoms. The van der Waals surface area contributed by atoms with E-state index in [1.54, 1.807) is 0 Å². The van der Waals surface area contributed by atoms with Crippen molar-refractivity contribution in [3.63, 3.8) is 0 Å². The Bertz CT molecular complexity index is 354. The molecule has 0 aliphatic carbocycles. The maximum atomic E-state index is 12.5. The van der Waals surface area contributed by atoms with Crippen LogP contribution >= 0.6 is 15.9 Å². The minimum Gasteiger partial charge on any atom is -0.481 e. The molecular weight excluding hydrogens is 274 g/mol. The molecule has 0 fully saturated rings. The Kier molecular flexibility index (Phi) is 4.19. The number of halogens is 3. The Morgan fingerprint density at radius 2 is 2.33 bits per heavy atom. The van der Waals surface area contributed by atoms with Gasteiger partial charge in [-0.2, -0.15) is 5.10 Å². The summed E-state index contributed by atoms with van der Waals surface area (Å²) >= 11 is 2.96. The minimum atomic E-state index is -2.62. The number of carboxylic acids is 1. The van der Waals surface area contributed by atoms with Gasteiger partial charge in [-0.3, -0.25) is 9.48 Å². The van der Waals surface area contributed by atoms with Crippen LogP contribution in [0.5, 0.6) is 0 Å². The summed E-state index contributed by atoms with van der Waals surface area (Å²) in [5.41, 5.74) is -0.208. The lowest BCUT2D eigenvalue weighted by Crippen LogP contribution is -2.07. The molecule has 0 spiro atoms. The Balaban J connectivity index is 2.64. The molecule has 0 aliphatic rings. The summed E-state index contributed by atoms with van der Waals surface area (Å²) in [6.45, 7) is 0.178. The molecule has 1 N–H and O–H groups in total. The molecule has 0 atom stereocenters. The monoisotopic (exact) mass is 282 g/mol. The summed E-state index contributed by atoms with van der Waals surface area (Å²) in [4.78, 5) is 10.2. The van der Waals surface area contributed by atoms with Crippen molar-refractivity contribution in [1.29, 1.82) is 0 Å². The predicted octanol–water partition coefficient (Wildman–Crippen LogP) is 2.45. The number of aromatic nitrogens is 2. The molecule has 0 radical (unpaired) electrons. The van der Waals surface area contributed by atoms with E-state index in [-0.39, 0.29) is 29.6 Å². The fraction of sp³-hybridized carbons (Fsp3) is 0.500. The fourth-order valence-electron chi connectivity index (χ4n) is 1.15. The summed E-state index contributed by atoms with van der Waals surface area (Å²) in [5, 5.41) is 12.1. The number of aryl methyl sites for hydroxylation is 1. The molecule has 0 saturated carbocycles. The van der Waals surface area contributed by atoms with Crippen LogP contribution in [-0.2, 0) is 11.3 Å². The number of nitrogens with zero attached hydrogens (tertiary/aromatic N) is 2. The number of rotatable bonds is 5. The van der Waals surface area contributed by atoms with Gasteiger partial charge < -0.3 is 5.11 Å². The number of hydrogen-bond acceptors (Lipinski definition) is 2. The van der Waals surface area contributed by atoms with E-state index in [0.717, 1.165) is 4.68 Å². The molecule has 1 aromatic rings. The summed E-state index contributed by atoms with van der Waals surface area (Å²) in [5.74, 6) is -0.945. The van der Waals surface area contributed by atoms with E-state index in [1.807, 2.05) is 0 Å². The topological polar surface area (TPSA) is 55.1 Å². The smallest absolute Gasteiger partial charge is 0.303 e. The van der Waals surface area contributed by atoms with Crippen LogP contribution in [-0.4, -0.2) is 20.9 Å². The zero-order chi connectivity index (χ0) is 11.4. The van der Waals surface area contributed by atoms with Gasteiger partial charge in [0.15, 0.2) is 0 Å². The number of carboxylic acid groups (broad SMARTS) is 1. The number of hydrogen-bond donors (Lipinski definition) is 1. The molecule has 0 aromatic carbocycles. The van der Waals surface area contributed by atoms with Crippen molar-refractivity contribution in [2.75, 3.05) is 0 Å². The third kappa shape index (κ3) is 3.26. The Labute approximate surface area is 93.0 Å². The van der Waals surface area contributed by atoms with Gasteiger partial charge in [0.2, 0.25) is 0 Å². The highest BCUT2D eigenvalue weighted by atomic mass is 79.9. The lowest BCUT2D eigenvalue weighted by Gasteiger charge is -2.05. The third-order valence-electron chi connectivity index (χ3n) is 1.80. The van der Waals surface area contributed by atoms with Gasteiger partial charge in [-0.25, -0.2) is 8.78 Å². The second-order valence-corrected chi connectivity index (χ2v) is 3.75. The van der Waals surface area contributed by atoms with E-state index in [9.17, 15) is 13.6 Å². The van der Waals surface area contributed by atoms with Crippen LogP contribution < -0.4 is 0 Å². The lowest BCUT2D eigenvalue weighted by molar-refractivity contribution is -0.137. The molecule has 0 aliphatic heterocycles. The van der Waals surface area contributed by atoms with Gasteiger partial charge in [0, 0.05) is 13.0 Å². The van der Waals surface area contributed by atoms with E-state index in [4.69, 9.17) is 5.11 Å². The van der Waals surface area contributed by atoms with Crippen molar-refractivity contribution in [3.05, 3.63) is 16.4 Å². The largest absolute Gasteiger partial charge is 0.481 e. The Hall–Kier alpha value is -0.980. The van der Waals surface area contributed by atoms with E-state index < -0.39 is 12.4 Å². The van der Waals surface area contributed by atoms with Crippen LogP contribution in [0.2, 0.25) is 0 Å². The van der Waals surface area contributed by atoms with Crippen LogP contribution in [0.1, 0.15) is 25.0 Å². The van der Waals surface area contributed by atoms with Crippen LogP contribution in [0, 0.1) is 0 Å². The fourth-order valence-corrected chi connectivity index (χ4v) is 1.62. The van der Waals surface area contributed by atoms with Gasteiger partial charge in [0.05, 0.1) is 10.7 Å². The highest BCUT2D eigenvalue weighted by molar-refractivity contribution is 9.10. The van der Waals surface area contributed by atoms with Crippen molar-refractivity contribution >= 4 is 21.9 Å². The van der Waals surface area contributed by atoms with E-state index in [0.29, 0.717) is 0 Å². The standard InChI is InChI=1S/C8H9BrF2N2O2/c9-5-4-12-13(7(5)8(10)11)3-1-2-6(14)15/h4,8H,1-3H2,(H,14,15). The third-order valence-corrected chi connectivity index (χ3v) is 2.41. The second-order valence-electron chi connectivity index (χ2n) is 2.90. The van der Waals surface area contributed by atoms with Gasteiger partial charge in [-0.05, 0) is 22.4 Å². The highest BCUT2D eigenvalue weighted by Gasteiger charge is 2.18. The van der Waals surface area contributed by atoms with Crippen LogP contribution in [0.15, 0.2) is 10.7 Å². The van der Waals surface area contributed by atoms with E-state index in [1.165, 1.54) is 6.20 Å². The van der Waals surface area contributed by atoms with Gasteiger partial charge in [0.25, 0.3) is 6.43 Å². The first-order valence-electron chi connectivity index (χ1n) is 4.23. The van der Waals surface area contributed by atoms with Crippen molar-refractivity contribution in [2.24, 2.45) is 0 Å². The van der Waals surface area contributed by atoms with Gasteiger partial charge in [-0.1, -0.05) is 0 Å². The molecule has 1 heterocycles. The average molecular weight is 283 g/mol. The first kappa shape index (κ1) is 12.1. The minimum absolute atomic E-state index is 0.0554. The van der Waals surface area contributed by atoms with Gasteiger partial charge in [-0.15, -0.1) is 0 Å². The van der Waals surface area contributed by atoms with Crippen molar-refractivity contribution in [1.82, 2.24) is 9.78 Å². The van der Waals surface area contributed by atoms with Crippen molar-refractivity contribution in [3.8, 4) is 0 Å². The molecule has 1 rings (SSSR count). The van der Waals surface area contributed by atoms with Gasteiger partial charge >= 0.3 is 5.97 Å². The number of alkyl halides is 2. The Morgan fingerprint density at radius 3 is 2.87 bits per heavy atom. The summed E-state index contributed by atoms with van der Waals surface area (Å²) in [7, 11) is 0. The molecule has 4 nitrogen and oxygen atoms in total. The van der Waals surface area contributed by atoms with Gasteiger partial charge in [0.1, 0.15) is 5.69 Å². The van der Waals surface area contributed by atoms with Crippen molar-refractivity contribution in [2.45, 2.75) is 25.8 Å². The molecular formula is C8H9BrF2N2O2. The quantitative estimate of drug-likeness (QED) is 0.903. The highest BCUT2D eigenvalue weighted by Crippen LogP contribution is 2.27. The second kappa shape index (κ2) is 5.20. The average Bonchev–Trinajstić information content (AvgIpc) is 2.46. The predicted molar refractivity (Wildman–Crippen MR) is 51.8 cm³/mol. The molecule has 0 amide bonds. The number of carbonyl (C=O) groups is 1. The number of aliphatic carboxylic acids is 1. The molecule has 0 unspecified atom stereocenters. The zero-order valence-corrected chi connectivity index (χ0v) is 9.25. The summed E-state index contributed by atoms with van der Waals surface area (Å²) in [6.07, 6.45) is -1.11. The molecule has 1 aromatic heterocycles. The molecule has 84 valence electrons. The lowest BCUT2D eigenvalue weighted by atomic mass is 10.3. The van der Waals surface area contributed by atoms with E-state index >= 15 is 0 Å². The first-order chi connectivity index (χ1) is 7.02. The zero-order valence-electron chi connectivity index (χ0n) is 7.66. The SMILES string of the molecule is O=C(O)CCCn1ncc(Br)c1C(F)F. The van der Waals surface area contributed by atoms with Crippen molar-refractivity contribution < 1.29 is 18.7 Å². The molecule has 15 heavy (non-hydrogen) atoms. The van der Waals surface area contributed by atoms with E-state index in [2.05, 4.69) is 21.0 Å². The van der Waals surface area contributed by atoms with Crippen LogP contribution in [0.25, 0.3) is 0 Å². The van der Waals surface area contributed by atoms with Crippen LogP contribution in [0.4, 0.5) is 8.78 Å². The normalized spacial score (nSPS) is 10.9. The maximum Gasteiger partial charge on any atom is 0.303 e. The molecule has 0 bridgehead atoms.